The van der Waals surface area contributed by atoms with Gasteiger partial charge in [0.1, 0.15) is 0 Å². The molecule has 2 heteroatoms. The van der Waals surface area contributed by atoms with E-state index in [-0.39, 0.29) is 0 Å². The van der Waals surface area contributed by atoms with Crippen LogP contribution < -0.4 is 0 Å². The van der Waals surface area contributed by atoms with Crippen molar-refractivity contribution in [2.75, 3.05) is 0 Å². The van der Waals surface area contributed by atoms with Gasteiger partial charge in [-0.15, -0.1) is 0 Å². The predicted octanol–water partition coefficient (Wildman–Crippen LogP) is 12.1. The van der Waals surface area contributed by atoms with Gasteiger partial charge >= 0.3 is 233 Å². The molecule has 2 fully saturated rings. The summed E-state index contributed by atoms with van der Waals surface area (Å²) in [5.41, 5.74) is 7.38. The van der Waals surface area contributed by atoms with Crippen LogP contribution in [-0.4, -0.2) is 25.1 Å². The summed E-state index contributed by atoms with van der Waals surface area (Å²) in [6.45, 7) is 7.78. The van der Waals surface area contributed by atoms with E-state index < -0.39 is 18.4 Å². The molecule has 0 aromatic carbocycles. The topological polar surface area (TPSA) is 0 Å². The van der Waals surface area contributed by atoms with Crippen molar-refractivity contribution >= 4 is 25.1 Å². The van der Waals surface area contributed by atoms with E-state index in [0.717, 1.165) is 18.3 Å². The SMILES string of the molecule is CCCC/C=C/C(B(C1CCCCC1)C1CCCCC1)=[C](\C=C=C(CCCC)CCCC)[Sn]([CH3])([CH3])[CH3]. The first-order valence-electron chi connectivity index (χ1n) is 16.3. The summed E-state index contributed by atoms with van der Waals surface area (Å²) in [5, 5.41) is 0. The zero-order valence-corrected chi connectivity index (χ0v) is 28.3. The van der Waals surface area contributed by atoms with Crippen molar-refractivity contribution in [3.63, 3.8) is 0 Å². The fourth-order valence-corrected chi connectivity index (χ4v) is 11.4. The van der Waals surface area contributed by atoms with Crippen LogP contribution in [0.4, 0.5) is 0 Å². The Hall–Kier alpha value is -0.136. The van der Waals surface area contributed by atoms with Crippen molar-refractivity contribution in [3.05, 3.63) is 38.6 Å². The molecule has 0 radical (unpaired) electrons. The van der Waals surface area contributed by atoms with Gasteiger partial charge in [0, 0.05) is 0 Å². The van der Waals surface area contributed by atoms with E-state index in [0.29, 0.717) is 0 Å². The molecule has 204 valence electrons. The molecule has 0 spiro atoms. The van der Waals surface area contributed by atoms with Crippen molar-refractivity contribution in [1.29, 1.82) is 0 Å². The summed E-state index contributed by atoms with van der Waals surface area (Å²) < 4.78 is 1.80. The van der Waals surface area contributed by atoms with Crippen molar-refractivity contribution in [2.24, 2.45) is 0 Å². The third kappa shape index (κ3) is 11.3. The Kier molecular flexibility index (Phi) is 16.2. The molecule has 0 amide bonds. The molecule has 0 aromatic rings. The Balaban J connectivity index is 2.65. The molecule has 2 aliphatic rings. The standard InChI is InChI=1S/C31H52B.3CH3.Sn/c1-4-7-10-13-22-31(27-18-21-28(19-8-5-2)20-9-6-3)32(29-23-14-11-15-24-29)30-25-16-12-17-26-30;;;;/h13,18,22,29-30H,4-12,14-17,19-20,23-26H2,1-3H3;3*1H3;/b22-13+,31-27?;;;;. The van der Waals surface area contributed by atoms with Crippen molar-refractivity contribution in [3.8, 4) is 0 Å². The summed E-state index contributed by atoms with van der Waals surface area (Å²) in [6.07, 6.45) is 34.0. The monoisotopic (exact) mass is 600 g/mol. The molecule has 2 aliphatic carbocycles. The molecule has 0 bridgehead atoms. The first-order valence-corrected chi connectivity index (χ1v) is 26.3. The molecular weight excluding hydrogens is 538 g/mol. The molecule has 0 aromatic heterocycles. The van der Waals surface area contributed by atoms with E-state index in [1.165, 1.54) is 122 Å². The maximum atomic E-state index is 3.99. The van der Waals surface area contributed by atoms with E-state index in [4.69, 9.17) is 0 Å². The van der Waals surface area contributed by atoms with Gasteiger partial charge in [-0.1, -0.05) is 0 Å². The number of rotatable bonds is 15. The summed E-state index contributed by atoms with van der Waals surface area (Å²) >= 11 is -2.40. The number of hydrogen-bond acceptors (Lipinski definition) is 0. The van der Waals surface area contributed by atoms with Crippen molar-refractivity contribution in [2.45, 2.75) is 169 Å². The molecule has 2 saturated carbocycles. The summed E-state index contributed by atoms with van der Waals surface area (Å²) in [7, 11) is 0. The van der Waals surface area contributed by atoms with E-state index in [2.05, 4.69) is 59.5 Å². The number of allylic oxidation sites excluding steroid dienone is 5. The zero-order chi connectivity index (χ0) is 26.2. The summed E-state index contributed by atoms with van der Waals surface area (Å²) in [5.74, 6) is 1.82. The Morgan fingerprint density at radius 3 is 1.69 bits per heavy atom. The van der Waals surface area contributed by atoms with Gasteiger partial charge in [-0.3, -0.25) is 0 Å². The fourth-order valence-electron chi connectivity index (χ4n) is 6.75. The molecule has 0 atom stereocenters. The van der Waals surface area contributed by atoms with Gasteiger partial charge < -0.3 is 0 Å². The second kappa shape index (κ2) is 18.2. The second-order valence-corrected chi connectivity index (χ2v) is 27.5. The van der Waals surface area contributed by atoms with Gasteiger partial charge in [0.25, 0.3) is 0 Å². The Labute approximate surface area is 231 Å². The molecule has 0 N–H and O–H groups in total. The van der Waals surface area contributed by atoms with E-state index in [9.17, 15) is 0 Å². The third-order valence-electron chi connectivity index (χ3n) is 8.90. The molecule has 0 heterocycles. The quantitative estimate of drug-likeness (QED) is 0.0761. The van der Waals surface area contributed by atoms with Gasteiger partial charge in [0.15, 0.2) is 0 Å². The molecule has 0 nitrogen and oxygen atoms in total. The second-order valence-electron chi connectivity index (χ2n) is 13.1. The predicted molar refractivity (Wildman–Crippen MR) is 169 cm³/mol. The average molecular weight is 599 g/mol. The minimum atomic E-state index is -2.40. The zero-order valence-electron chi connectivity index (χ0n) is 25.4. The number of unbranched alkanes of at least 4 members (excludes halogenated alkanes) is 4. The van der Waals surface area contributed by atoms with Gasteiger partial charge in [0.2, 0.25) is 0 Å². The third-order valence-corrected chi connectivity index (χ3v) is 14.7. The van der Waals surface area contributed by atoms with Crippen LogP contribution in [-0.2, 0) is 0 Å². The minimum absolute atomic E-state index is 0.794. The van der Waals surface area contributed by atoms with Crippen molar-refractivity contribution < 1.29 is 0 Å². The van der Waals surface area contributed by atoms with E-state index in [1.54, 1.807) is 14.6 Å². The Bertz CT molecular complexity index is 691. The van der Waals surface area contributed by atoms with Crippen LogP contribution in [0.15, 0.2) is 38.6 Å². The molecular formula is C34H61BSn. The van der Waals surface area contributed by atoms with Crippen LogP contribution in [0, 0.1) is 0 Å². The summed E-state index contributed by atoms with van der Waals surface area (Å²) in [4.78, 5) is 8.00. The van der Waals surface area contributed by atoms with Gasteiger partial charge in [-0.05, 0) is 0 Å². The fraction of sp³-hybridized carbons (Fsp3) is 0.794. The normalized spacial score (nSPS) is 18.7. The van der Waals surface area contributed by atoms with Crippen LogP contribution in [0.5, 0.6) is 0 Å². The van der Waals surface area contributed by atoms with Crippen molar-refractivity contribution in [1.82, 2.24) is 0 Å². The molecule has 0 aliphatic heterocycles. The first kappa shape index (κ1) is 32.1. The maximum absolute atomic E-state index is 3.99. The summed E-state index contributed by atoms with van der Waals surface area (Å²) in [6, 6.07) is 0. The van der Waals surface area contributed by atoms with Crippen LogP contribution in [0.25, 0.3) is 0 Å². The Morgan fingerprint density at radius 2 is 1.25 bits per heavy atom. The number of hydrogen-bond donors (Lipinski definition) is 0. The first-order chi connectivity index (χ1) is 17.4. The molecule has 2 rings (SSSR count). The van der Waals surface area contributed by atoms with Crippen LogP contribution in [0.1, 0.15) is 143 Å². The van der Waals surface area contributed by atoms with Crippen LogP contribution in [0.3, 0.4) is 0 Å². The molecule has 0 saturated heterocycles. The molecule has 0 unspecified atom stereocenters. The molecule has 36 heavy (non-hydrogen) atoms. The van der Waals surface area contributed by atoms with Crippen LogP contribution in [0.2, 0.25) is 26.5 Å². The average Bonchev–Trinajstić information content (AvgIpc) is 2.88. The Morgan fingerprint density at radius 1 is 0.750 bits per heavy atom. The van der Waals surface area contributed by atoms with Crippen LogP contribution >= 0.6 is 0 Å². The van der Waals surface area contributed by atoms with Gasteiger partial charge in [0.05, 0.1) is 0 Å². The van der Waals surface area contributed by atoms with Gasteiger partial charge in [-0.25, -0.2) is 0 Å². The van der Waals surface area contributed by atoms with E-state index >= 15 is 0 Å². The van der Waals surface area contributed by atoms with Gasteiger partial charge in [-0.2, -0.15) is 0 Å². The van der Waals surface area contributed by atoms with E-state index in [1.807, 2.05) is 0 Å².